The zero-order valence-corrected chi connectivity index (χ0v) is 11.8. The van der Waals surface area contributed by atoms with Crippen LogP contribution in [0.5, 0.6) is 0 Å². The largest absolute Gasteiger partial charge is 0.332 e. The van der Waals surface area contributed by atoms with Crippen LogP contribution in [-0.4, -0.2) is 14.8 Å². The highest BCUT2D eigenvalue weighted by Crippen LogP contribution is 2.25. The molecule has 3 nitrogen and oxygen atoms in total. The average molecular weight is 312 g/mol. The third-order valence-corrected chi connectivity index (χ3v) is 2.48. The minimum Gasteiger partial charge on any atom is -0.332 e. The second-order valence-corrected chi connectivity index (χ2v) is 5.96. The Morgan fingerprint density at radius 3 is 2.53 bits per heavy atom. The maximum absolute atomic E-state index is 11.3. The van der Waals surface area contributed by atoms with Crippen molar-refractivity contribution in [3.63, 3.8) is 0 Å². The summed E-state index contributed by atoms with van der Waals surface area (Å²) in [6.07, 6.45) is 0. The lowest BCUT2D eigenvalue weighted by molar-refractivity contribution is -0.118. The van der Waals surface area contributed by atoms with Gasteiger partial charge in [-0.2, -0.15) is 0 Å². The number of hydrogen-bond donors (Lipinski definition) is 2. The summed E-state index contributed by atoms with van der Waals surface area (Å²) < 4.78 is -2.03. The molecule has 0 bridgehead atoms. The summed E-state index contributed by atoms with van der Waals surface area (Å²) in [6, 6.07) is 7.47. The molecule has 0 aliphatic rings. The molecule has 0 aliphatic carbocycles. The van der Waals surface area contributed by atoms with E-state index in [4.69, 9.17) is 47.0 Å². The summed E-state index contributed by atoms with van der Waals surface area (Å²) in [4.78, 5) is 11.3. The number of amides is 1. The molecular weight excluding hydrogens is 303 g/mol. The third kappa shape index (κ3) is 5.08. The van der Waals surface area contributed by atoms with Crippen LogP contribution in [0.2, 0.25) is 0 Å². The van der Waals surface area contributed by atoms with E-state index in [0.29, 0.717) is 0 Å². The van der Waals surface area contributed by atoms with E-state index < -0.39 is 9.70 Å². The van der Waals surface area contributed by atoms with Gasteiger partial charge in [0.2, 0.25) is 0 Å². The van der Waals surface area contributed by atoms with Crippen LogP contribution in [0.15, 0.2) is 24.3 Å². The van der Waals surface area contributed by atoms with E-state index in [-0.39, 0.29) is 5.11 Å². The van der Waals surface area contributed by atoms with Crippen molar-refractivity contribution in [2.24, 2.45) is 0 Å². The van der Waals surface area contributed by atoms with Gasteiger partial charge in [-0.25, -0.2) is 0 Å². The van der Waals surface area contributed by atoms with E-state index in [0.717, 1.165) is 11.3 Å². The van der Waals surface area contributed by atoms with Crippen LogP contribution in [-0.2, 0) is 4.79 Å². The molecule has 0 heterocycles. The number of hydrogen-bond acceptors (Lipinski definition) is 2. The maximum Gasteiger partial charge on any atom is 0.278 e. The average Bonchev–Trinajstić information content (AvgIpc) is 2.15. The molecule has 1 amide bonds. The molecule has 0 fully saturated rings. The number of carbonyl (C=O) groups is 1. The summed E-state index contributed by atoms with van der Waals surface area (Å²) in [5.74, 6) is -0.798. The number of carbonyl (C=O) groups excluding carboxylic acids is 1. The number of benzene rings is 1. The Labute approximate surface area is 119 Å². The van der Waals surface area contributed by atoms with Gasteiger partial charge in [-0.1, -0.05) is 46.9 Å². The van der Waals surface area contributed by atoms with E-state index >= 15 is 0 Å². The SMILES string of the molecule is Cc1cccc(NC(=S)NC(=O)C(Cl)(Cl)Cl)c1. The summed E-state index contributed by atoms with van der Waals surface area (Å²) in [6.45, 7) is 1.94. The smallest absolute Gasteiger partial charge is 0.278 e. The summed E-state index contributed by atoms with van der Waals surface area (Å²) in [5.41, 5.74) is 1.81. The van der Waals surface area contributed by atoms with Crippen LogP contribution in [0, 0.1) is 6.92 Å². The quantitative estimate of drug-likeness (QED) is 0.618. The van der Waals surface area contributed by atoms with Crippen molar-refractivity contribution in [1.29, 1.82) is 0 Å². The predicted molar refractivity (Wildman–Crippen MR) is 75.8 cm³/mol. The number of rotatable bonds is 1. The van der Waals surface area contributed by atoms with Crippen molar-refractivity contribution in [3.05, 3.63) is 29.8 Å². The van der Waals surface area contributed by atoms with E-state index in [2.05, 4.69) is 10.6 Å². The molecule has 0 aliphatic heterocycles. The van der Waals surface area contributed by atoms with Crippen LogP contribution in [0.3, 0.4) is 0 Å². The van der Waals surface area contributed by atoms with Crippen molar-refractivity contribution in [2.45, 2.75) is 10.7 Å². The zero-order valence-electron chi connectivity index (χ0n) is 8.76. The van der Waals surface area contributed by atoms with Crippen molar-refractivity contribution in [3.8, 4) is 0 Å². The summed E-state index contributed by atoms with van der Waals surface area (Å²) >= 11 is 21.1. The minimum absolute atomic E-state index is 0.0759. The van der Waals surface area contributed by atoms with Gasteiger partial charge < -0.3 is 5.32 Å². The maximum atomic E-state index is 11.3. The number of anilines is 1. The molecular formula is C10H9Cl3N2OS. The molecule has 7 heteroatoms. The lowest BCUT2D eigenvalue weighted by Crippen LogP contribution is -2.41. The normalized spacial score (nSPS) is 10.8. The fraction of sp³-hybridized carbons (Fsp3) is 0.200. The lowest BCUT2D eigenvalue weighted by Gasteiger charge is -2.13. The topological polar surface area (TPSA) is 41.1 Å². The molecule has 0 spiro atoms. The fourth-order valence-corrected chi connectivity index (χ4v) is 1.41. The van der Waals surface area contributed by atoms with Crippen LogP contribution in [0.1, 0.15) is 5.56 Å². The summed E-state index contributed by atoms with van der Waals surface area (Å²) in [7, 11) is 0. The number of aryl methyl sites for hydroxylation is 1. The highest BCUT2D eigenvalue weighted by Gasteiger charge is 2.31. The Morgan fingerprint density at radius 2 is 2.00 bits per heavy atom. The Balaban J connectivity index is 2.59. The van der Waals surface area contributed by atoms with E-state index in [1.54, 1.807) is 6.07 Å². The van der Waals surface area contributed by atoms with Crippen molar-refractivity contribution in [2.75, 3.05) is 5.32 Å². The van der Waals surface area contributed by atoms with Crippen molar-refractivity contribution >= 4 is 63.7 Å². The Hall–Kier alpha value is -0.550. The fourth-order valence-electron chi connectivity index (χ4n) is 1.06. The van der Waals surface area contributed by atoms with Gasteiger partial charge in [-0.3, -0.25) is 10.1 Å². The number of halogens is 3. The van der Waals surface area contributed by atoms with Crippen LogP contribution >= 0.6 is 47.0 Å². The van der Waals surface area contributed by atoms with Crippen LogP contribution < -0.4 is 10.6 Å². The van der Waals surface area contributed by atoms with Gasteiger partial charge in [0.1, 0.15) is 0 Å². The highest BCUT2D eigenvalue weighted by molar-refractivity contribution is 7.80. The Kier molecular flexibility index (Phi) is 5.01. The summed E-state index contributed by atoms with van der Waals surface area (Å²) in [5, 5.41) is 5.16. The molecule has 1 aromatic carbocycles. The van der Waals surface area contributed by atoms with Crippen molar-refractivity contribution in [1.82, 2.24) is 5.32 Å². The number of nitrogens with one attached hydrogen (secondary N) is 2. The van der Waals surface area contributed by atoms with E-state index in [1.165, 1.54) is 0 Å². The van der Waals surface area contributed by atoms with E-state index in [9.17, 15) is 4.79 Å². The Morgan fingerprint density at radius 1 is 1.35 bits per heavy atom. The second-order valence-electron chi connectivity index (χ2n) is 3.28. The number of alkyl halides is 3. The molecule has 17 heavy (non-hydrogen) atoms. The first-order valence-electron chi connectivity index (χ1n) is 4.55. The monoisotopic (exact) mass is 310 g/mol. The minimum atomic E-state index is -2.03. The first kappa shape index (κ1) is 14.5. The molecule has 0 radical (unpaired) electrons. The van der Waals surface area contributed by atoms with Gasteiger partial charge in [-0.15, -0.1) is 0 Å². The molecule has 0 atom stereocenters. The van der Waals surface area contributed by atoms with Gasteiger partial charge in [0.05, 0.1) is 0 Å². The zero-order chi connectivity index (χ0) is 13.1. The molecule has 2 N–H and O–H groups in total. The molecule has 0 saturated carbocycles. The lowest BCUT2D eigenvalue weighted by atomic mass is 10.2. The Bertz CT molecular complexity index is 445. The van der Waals surface area contributed by atoms with Gasteiger partial charge in [0.25, 0.3) is 9.70 Å². The predicted octanol–water partition coefficient (Wildman–Crippen LogP) is 3.18. The third-order valence-electron chi connectivity index (χ3n) is 1.76. The van der Waals surface area contributed by atoms with Gasteiger partial charge >= 0.3 is 0 Å². The van der Waals surface area contributed by atoms with Crippen LogP contribution in [0.25, 0.3) is 0 Å². The molecule has 0 aromatic heterocycles. The number of thiocarbonyl (C=S) groups is 1. The first-order valence-corrected chi connectivity index (χ1v) is 6.09. The molecule has 1 aromatic rings. The van der Waals surface area contributed by atoms with Gasteiger partial charge in [-0.05, 0) is 36.8 Å². The van der Waals surface area contributed by atoms with Gasteiger partial charge in [0.15, 0.2) is 5.11 Å². The molecule has 0 saturated heterocycles. The van der Waals surface area contributed by atoms with Crippen molar-refractivity contribution < 1.29 is 4.79 Å². The first-order chi connectivity index (χ1) is 7.79. The molecule has 92 valence electrons. The molecule has 0 unspecified atom stereocenters. The van der Waals surface area contributed by atoms with E-state index in [1.807, 2.05) is 25.1 Å². The van der Waals surface area contributed by atoms with Crippen LogP contribution in [0.4, 0.5) is 5.69 Å². The highest BCUT2D eigenvalue weighted by atomic mass is 35.6. The van der Waals surface area contributed by atoms with Gasteiger partial charge in [0, 0.05) is 5.69 Å². The second kappa shape index (κ2) is 5.87. The standard InChI is InChI=1S/C10H9Cl3N2OS/c1-6-3-2-4-7(5-6)14-9(17)15-8(16)10(11,12)13/h2-5H,1H3,(H2,14,15,16,17). The molecule has 1 rings (SSSR count).